The van der Waals surface area contributed by atoms with Gasteiger partial charge in [0.05, 0.1) is 30.2 Å². The van der Waals surface area contributed by atoms with Crippen LogP contribution in [-0.2, 0) is 6.54 Å². The molecule has 0 aliphatic carbocycles. The summed E-state index contributed by atoms with van der Waals surface area (Å²) in [6.07, 6.45) is 2.25. The largest absolute Gasteiger partial charge is 0.497 e. The normalized spacial score (nSPS) is 16.4. The third-order valence-corrected chi connectivity index (χ3v) is 5.85. The number of methoxy groups -OCH3 is 1. The van der Waals surface area contributed by atoms with E-state index in [2.05, 4.69) is 34.1 Å². The lowest BCUT2D eigenvalue weighted by atomic mass is 10.0. The van der Waals surface area contributed by atoms with Gasteiger partial charge in [-0.1, -0.05) is 12.1 Å². The van der Waals surface area contributed by atoms with Gasteiger partial charge in [-0.15, -0.1) is 0 Å². The van der Waals surface area contributed by atoms with Crippen LogP contribution in [0.15, 0.2) is 59.0 Å². The molecule has 0 bridgehead atoms. The first-order valence-corrected chi connectivity index (χ1v) is 10.4. The minimum absolute atomic E-state index is 0.0275. The quantitative estimate of drug-likeness (QED) is 0.382. The Balaban J connectivity index is 1.53. The fraction of sp³-hybridized carbons (Fsp3) is 0.333. The smallest absolute Gasteiger partial charge is 0.284 e. The van der Waals surface area contributed by atoms with E-state index in [9.17, 15) is 10.1 Å². The fourth-order valence-corrected chi connectivity index (χ4v) is 4.19. The lowest BCUT2D eigenvalue weighted by Crippen LogP contribution is -2.22. The van der Waals surface area contributed by atoms with Crippen molar-refractivity contribution in [1.82, 2.24) is 4.90 Å². The van der Waals surface area contributed by atoms with Crippen molar-refractivity contribution in [2.24, 2.45) is 0 Å². The molecule has 0 saturated carbocycles. The Morgan fingerprint density at radius 1 is 1.16 bits per heavy atom. The maximum Gasteiger partial charge on any atom is 0.284 e. The van der Waals surface area contributed by atoms with Crippen LogP contribution in [0.5, 0.6) is 5.75 Å². The molecule has 0 amide bonds. The first-order chi connectivity index (χ1) is 15.0. The van der Waals surface area contributed by atoms with Crippen molar-refractivity contribution in [2.75, 3.05) is 32.6 Å². The number of nitrogens with zero attached hydrogens (tertiary/aromatic N) is 3. The zero-order valence-corrected chi connectivity index (χ0v) is 18.1. The van der Waals surface area contributed by atoms with Crippen LogP contribution in [0.4, 0.5) is 11.4 Å². The molecule has 2 aromatic carbocycles. The minimum atomic E-state index is -0.409. The molecule has 1 aliphatic rings. The van der Waals surface area contributed by atoms with E-state index in [4.69, 9.17) is 9.15 Å². The average molecular weight is 421 g/mol. The van der Waals surface area contributed by atoms with E-state index in [1.54, 1.807) is 18.2 Å². The van der Waals surface area contributed by atoms with E-state index in [1.165, 1.54) is 24.4 Å². The molecule has 3 aromatic rings. The minimum Gasteiger partial charge on any atom is -0.497 e. The summed E-state index contributed by atoms with van der Waals surface area (Å²) in [5.41, 5.74) is 2.92. The maximum absolute atomic E-state index is 11.5. The molecule has 1 aromatic heterocycles. The van der Waals surface area contributed by atoms with Crippen molar-refractivity contribution in [3.05, 3.63) is 76.0 Å². The van der Waals surface area contributed by atoms with Gasteiger partial charge in [-0.25, -0.2) is 0 Å². The summed E-state index contributed by atoms with van der Waals surface area (Å²) in [5.74, 6) is 1.75. The Hall–Kier alpha value is -3.32. The molecule has 7 heteroatoms. The van der Waals surface area contributed by atoms with Crippen LogP contribution in [0.1, 0.15) is 30.2 Å². The van der Waals surface area contributed by atoms with Gasteiger partial charge in [-0.3, -0.25) is 15.0 Å². The lowest BCUT2D eigenvalue weighted by Gasteiger charge is -2.24. The van der Waals surface area contributed by atoms with E-state index < -0.39 is 4.92 Å². The lowest BCUT2D eigenvalue weighted by molar-refractivity contribution is -0.384. The monoisotopic (exact) mass is 421 g/mol. The third kappa shape index (κ3) is 4.41. The van der Waals surface area contributed by atoms with Crippen LogP contribution in [0.25, 0.3) is 11.3 Å². The van der Waals surface area contributed by atoms with Gasteiger partial charge in [0.15, 0.2) is 0 Å². The summed E-state index contributed by atoms with van der Waals surface area (Å²) in [7, 11) is 5.57. The summed E-state index contributed by atoms with van der Waals surface area (Å²) < 4.78 is 11.2. The van der Waals surface area contributed by atoms with Crippen molar-refractivity contribution >= 4 is 11.4 Å². The van der Waals surface area contributed by atoms with Crippen LogP contribution in [0, 0.1) is 10.1 Å². The molecule has 0 radical (unpaired) electrons. The van der Waals surface area contributed by atoms with Gasteiger partial charge in [0.25, 0.3) is 5.69 Å². The number of anilines is 1. The number of benzene rings is 2. The van der Waals surface area contributed by atoms with Gasteiger partial charge in [-0.2, -0.15) is 0 Å². The Kier molecular flexibility index (Phi) is 5.95. The van der Waals surface area contributed by atoms with E-state index in [1.807, 2.05) is 20.2 Å². The number of hydrogen-bond donors (Lipinski definition) is 0. The second-order valence-electron chi connectivity index (χ2n) is 8.02. The van der Waals surface area contributed by atoms with Crippen molar-refractivity contribution in [3.63, 3.8) is 0 Å². The van der Waals surface area contributed by atoms with Crippen LogP contribution in [-0.4, -0.2) is 37.6 Å². The topological polar surface area (TPSA) is 72.0 Å². The molecule has 162 valence electrons. The summed E-state index contributed by atoms with van der Waals surface area (Å²) in [5, 5.41) is 11.5. The van der Waals surface area contributed by atoms with E-state index in [0.29, 0.717) is 29.7 Å². The SMILES string of the molecule is COc1ccc(-c2ccc(CN3CCCC3c3ccc(N(C)C)cc3)o2)c([N+](=O)[O-])c1. The number of ether oxygens (including phenoxy) is 1. The number of nitro benzene ring substituents is 1. The van der Waals surface area contributed by atoms with E-state index >= 15 is 0 Å². The fourth-order valence-electron chi connectivity index (χ4n) is 4.19. The zero-order chi connectivity index (χ0) is 22.0. The number of rotatable bonds is 7. The highest BCUT2D eigenvalue weighted by Gasteiger charge is 2.27. The molecule has 1 atom stereocenters. The first kappa shape index (κ1) is 20.9. The van der Waals surface area contributed by atoms with Gasteiger partial charge >= 0.3 is 0 Å². The molecule has 0 spiro atoms. The second-order valence-corrected chi connectivity index (χ2v) is 8.02. The summed E-state index contributed by atoms with van der Waals surface area (Å²) in [6, 6.07) is 17.6. The van der Waals surface area contributed by atoms with Crippen molar-refractivity contribution in [2.45, 2.75) is 25.4 Å². The average Bonchev–Trinajstić information content (AvgIpc) is 3.43. The van der Waals surface area contributed by atoms with Gasteiger partial charge in [-0.05, 0) is 61.3 Å². The molecule has 31 heavy (non-hydrogen) atoms. The summed E-state index contributed by atoms with van der Waals surface area (Å²) >= 11 is 0. The number of hydrogen-bond acceptors (Lipinski definition) is 6. The highest BCUT2D eigenvalue weighted by atomic mass is 16.6. The molecular formula is C24H27N3O4. The highest BCUT2D eigenvalue weighted by molar-refractivity contribution is 5.71. The molecule has 1 aliphatic heterocycles. The van der Waals surface area contributed by atoms with Crippen LogP contribution in [0.2, 0.25) is 0 Å². The standard InChI is InChI=1S/C24H27N3O4/c1-25(2)18-8-6-17(7-9-18)22-5-4-14-26(22)16-20-11-13-24(31-20)21-12-10-19(30-3)15-23(21)27(28)29/h6-13,15,22H,4-5,14,16H2,1-3H3. The number of furan rings is 1. The molecule has 4 rings (SSSR count). The predicted octanol–water partition coefficient (Wildman–Crippen LogP) is 5.27. The molecule has 7 nitrogen and oxygen atoms in total. The molecular weight excluding hydrogens is 394 g/mol. The van der Waals surface area contributed by atoms with E-state index in [0.717, 1.165) is 25.1 Å². The Morgan fingerprint density at radius 2 is 1.94 bits per heavy atom. The van der Waals surface area contributed by atoms with Gasteiger partial charge in [0.1, 0.15) is 17.3 Å². The summed E-state index contributed by atoms with van der Waals surface area (Å²) in [6.45, 7) is 1.67. The molecule has 2 heterocycles. The Labute approximate surface area is 182 Å². The molecule has 1 unspecified atom stereocenters. The van der Waals surface area contributed by atoms with Gasteiger partial charge in [0.2, 0.25) is 0 Å². The molecule has 1 saturated heterocycles. The summed E-state index contributed by atoms with van der Waals surface area (Å²) in [4.78, 5) is 15.6. The van der Waals surface area contributed by atoms with Gasteiger partial charge < -0.3 is 14.1 Å². The molecule has 1 fully saturated rings. The van der Waals surface area contributed by atoms with Crippen LogP contribution >= 0.6 is 0 Å². The van der Waals surface area contributed by atoms with Crippen LogP contribution < -0.4 is 9.64 Å². The first-order valence-electron chi connectivity index (χ1n) is 10.4. The third-order valence-electron chi connectivity index (χ3n) is 5.85. The zero-order valence-electron chi connectivity index (χ0n) is 18.1. The number of likely N-dealkylation sites (tertiary alicyclic amines) is 1. The Bertz CT molecular complexity index is 1060. The van der Waals surface area contributed by atoms with Gasteiger partial charge in [0, 0.05) is 25.8 Å². The maximum atomic E-state index is 11.5. The van der Waals surface area contributed by atoms with Crippen molar-refractivity contribution in [1.29, 1.82) is 0 Å². The number of nitro groups is 1. The Morgan fingerprint density at radius 3 is 2.61 bits per heavy atom. The predicted molar refractivity (Wildman–Crippen MR) is 121 cm³/mol. The van der Waals surface area contributed by atoms with E-state index in [-0.39, 0.29) is 5.69 Å². The second kappa shape index (κ2) is 8.81. The van der Waals surface area contributed by atoms with Crippen molar-refractivity contribution < 1.29 is 14.1 Å². The highest BCUT2D eigenvalue weighted by Crippen LogP contribution is 2.37. The molecule has 0 N–H and O–H groups in total. The van der Waals surface area contributed by atoms with Crippen molar-refractivity contribution in [3.8, 4) is 17.1 Å². The van der Waals surface area contributed by atoms with Crippen LogP contribution in [0.3, 0.4) is 0 Å².